The monoisotopic (exact) mass is 550 g/mol. The average molecular weight is 551 g/mol. The van der Waals surface area contributed by atoms with Crippen molar-refractivity contribution in [1.29, 1.82) is 0 Å². The van der Waals surface area contributed by atoms with Gasteiger partial charge in [0.2, 0.25) is 5.91 Å². The number of carboxylic acid groups (broad SMARTS) is 1. The van der Waals surface area contributed by atoms with E-state index in [-0.39, 0.29) is 61.8 Å². The summed E-state index contributed by atoms with van der Waals surface area (Å²) in [5.41, 5.74) is 0.601. The molecule has 11 nitrogen and oxygen atoms in total. The second-order valence-corrected chi connectivity index (χ2v) is 10.2. The Balaban J connectivity index is 1.54. The van der Waals surface area contributed by atoms with Gasteiger partial charge in [-0.15, -0.1) is 0 Å². The predicted octanol–water partition coefficient (Wildman–Crippen LogP) is 3.20. The zero-order chi connectivity index (χ0) is 28.8. The van der Waals surface area contributed by atoms with Gasteiger partial charge in [-0.1, -0.05) is 26.0 Å². The van der Waals surface area contributed by atoms with Gasteiger partial charge in [-0.2, -0.15) is 0 Å². The number of hydrogen-bond acceptors (Lipinski definition) is 7. The van der Waals surface area contributed by atoms with Gasteiger partial charge in [-0.05, 0) is 43.0 Å². The highest BCUT2D eigenvalue weighted by Crippen LogP contribution is 2.25. The standard InChI is InChI=1S/C29H34N4O7/c1-18(2)15-19-17-32(12-13-33(19)29(38)24-9-6-14-40-24)28(37)22(10-11-26(34)35)31-27(36)23-16-25(39-3)20-7-4-5-8-21(20)30-23/h4-9,14,16,18-19,22H,10-13,15,17H2,1-3H3,(H,31,36)(H,34,35). The number of amides is 3. The lowest BCUT2D eigenvalue weighted by atomic mass is 9.98. The van der Waals surface area contributed by atoms with E-state index >= 15 is 0 Å². The molecule has 1 saturated heterocycles. The summed E-state index contributed by atoms with van der Waals surface area (Å²) in [5.74, 6) is -1.39. The SMILES string of the molecule is COc1cc(C(=O)NC(CCC(=O)O)C(=O)N2CCN(C(=O)c3ccco3)C(CC(C)C)C2)nc2ccccc12. The van der Waals surface area contributed by atoms with Gasteiger partial charge in [0.1, 0.15) is 17.5 Å². The number of carbonyl (C=O) groups is 4. The number of nitrogens with one attached hydrogen (secondary N) is 1. The van der Waals surface area contributed by atoms with Gasteiger partial charge in [-0.25, -0.2) is 4.98 Å². The van der Waals surface area contributed by atoms with Crippen molar-refractivity contribution in [3.05, 3.63) is 60.2 Å². The molecule has 0 radical (unpaired) electrons. The lowest BCUT2D eigenvalue weighted by Gasteiger charge is -2.42. The second-order valence-electron chi connectivity index (χ2n) is 10.2. The minimum absolute atomic E-state index is 0.0511. The molecule has 4 rings (SSSR count). The molecule has 3 heterocycles. The van der Waals surface area contributed by atoms with Crippen molar-refractivity contribution < 1.29 is 33.4 Å². The number of hydrogen-bond donors (Lipinski definition) is 2. The maximum Gasteiger partial charge on any atom is 0.303 e. The molecule has 0 spiro atoms. The summed E-state index contributed by atoms with van der Waals surface area (Å²) in [4.78, 5) is 59.2. The molecule has 0 aliphatic carbocycles. The van der Waals surface area contributed by atoms with Crippen LogP contribution in [-0.2, 0) is 9.59 Å². The van der Waals surface area contributed by atoms with E-state index in [2.05, 4.69) is 10.3 Å². The maximum atomic E-state index is 13.7. The van der Waals surface area contributed by atoms with Crippen LogP contribution in [0, 0.1) is 5.92 Å². The Bertz CT molecular complexity index is 1370. The van der Waals surface area contributed by atoms with E-state index in [0.717, 1.165) is 5.39 Å². The number of ether oxygens (including phenoxy) is 1. The van der Waals surface area contributed by atoms with Gasteiger partial charge in [0.25, 0.3) is 11.8 Å². The van der Waals surface area contributed by atoms with E-state index in [0.29, 0.717) is 17.7 Å². The summed E-state index contributed by atoms with van der Waals surface area (Å²) in [6.07, 6.45) is 1.70. The first-order valence-electron chi connectivity index (χ1n) is 13.3. The number of furan rings is 1. The van der Waals surface area contributed by atoms with Crippen LogP contribution in [0.15, 0.2) is 53.1 Å². The molecule has 3 aromatic rings. The normalized spacial score (nSPS) is 16.1. The number of aliphatic carboxylic acids is 1. The number of piperazine rings is 1. The van der Waals surface area contributed by atoms with E-state index in [1.165, 1.54) is 19.4 Å². The molecule has 3 amide bonds. The summed E-state index contributed by atoms with van der Waals surface area (Å²) in [7, 11) is 1.49. The Morgan fingerprint density at radius 2 is 1.93 bits per heavy atom. The third-order valence-corrected chi connectivity index (χ3v) is 6.91. The summed E-state index contributed by atoms with van der Waals surface area (Å²) in [6.45, 7) is 4.85. The van der Waals surface area contributed by atoms with Crippen molar-refractivity contribution in [3.63, 3.8) is 0 Å². The van der Waals surface area contributed by atoms with E-state index in [4.69, 9.17) is 9.15 Å². The van der Waals surface area contributed by atoms with Crippen LogP contribution in [0.5, 0.6) is 5.75 Å². The Morgan fingerprint density at radius 3 is 2.60 bits per heavy atom. The second kappa shape index (κ2) is 12.6. The van der Waals surface area contributed by atoms with Crippen molar-refractivity contribution >= 4 is 34.6 Å². The van der Waals surface area contributed by atoms with E-state index < -0.39 is 23.8 Å². The lowest BCUT2D eigenvalue weighted by molar-refractivity contribution is -0.138. The highest BCUT2D eigenvalue weighted by atomic mass is 16.5. The number of nitrogens with zero attached hydrogens (tertiary/aromatic N) is 3. The number of pyridine rings is 1. The van der Waals surface area contributed by atoms with Crippen molar-refractivity contribution in [1.82, 2.24) is 20.1 Å². The largest absolute Gasteiger partial charge is 0.496 e. The molecule has 1 aliphatic rings. The van der Waals surface area contributed by atoms with Crippen molar-refractivity contribution in [2.24, 2.45) is 5.92 Å². The van der Waals surface area contributed by atoms with Crippen LogP contribution in [0.3, 0.4) is 0 Å². The summed E-state index contributed by atoms with van der Waals surface area (Å²) in [5, 5.41) is 12.7. The zero-order valence-corrected chi connectivity index (χ0v) is 22.8. The quantitative estimate of drug-likeness (QED) is 0.392. The number of carbonyl (C=O) groups excluding carboxylic acids is 3. The number of carboxylic acids is 1. The molecule has 1 fully saturated rings. The third kappa shape index (κ3) is 6.59. The number of fused-ring (bicyclic) bond motifs is 1. The van der Waals surface area contributed by atoms with Crippen molar-refractivity contribution in [3.8, 4) is 5.75 Å². The summed E-state index contributed by atoms with van der Waals surface area (Å²) < 4.78 is 10.7. The predicted molar refractivity (Wildman–Crippen MR) is 146 cm³/mol. The fourth-order valence-electron chi connectivity index (χ4n) is 5.02. The molecule has 2 N–H and O–H groups in total. The Morgan fingerprint density at radius 1 is 1.15 bits per heavy atom. The molecule has 0 saturated carbocycles. The van der Waals surface area contributed by atoms with Crippen LogP contribution in [0.4, 0.5) is 0 Å². The van der Waals surface area contributed by atoms with E-state index in [1.807, 2.05) is 26.0 Å². The van der Waals surface area contributed by atoms with Crippen LogP contribution >= 0.6 is 0 Å². The summed E-state index contributed by atoms with van der Waals surface area (Å²) in [6, 6.07) is 10.6. The van der Waals surface area contributed by atoms with Crippen LogP contribution in [-0.4, -0.2) is 82.4 Å². The van der Waals surface area contributed by atoms with Crippen LogP contribution in [0.1, 0.15) is 54.2 Å². The lowest BCUT2D eigenvalue weighted by Crippen LogP contribution is -2.60. The highest BCUT2D eigenvalue weighted by molar-refractivity contribution is 5.99. The Hall–Kier alpha value is -4.41. The van der Waals surface area contributed by atoms with Gasteiger partial charge in [0.05, 0.1) is 24.9 Å². The molecule has 2 unspecified atom stereocenters. The van der Waals surface area contributed by atoms with Gasteiger partial charge < -0.3 is 29.4 Å². The van der Waals surface area contributed by atoms with Crippen LogP contribution < -0.4 is 10.1 Å². The first-order chi connectivity index (χ1) is 19.2. The molecule has 40 heavy (non-hydrogen) atoms. The molecular weight excluding hydrogens is 516 g/mol. The first kappa shape index (κ1) is 28.6. The van der Waals surface area contributed by atoms with Crippen LogP contribution in [0.25, 0.3) is 10.9 Å². The fourth-order valence-corrected chi connectivity index (χ4v) is 5.02. The molecule has 11 heteroatoms. The fraction of sp³-hybridized carbons (Fsp3) is 0.414. The topological polar surface area (TPSA) is 142 Å². The molecule has 2 atom stereocenters. The average Bonchev–Trinajstić information content (AvgIpc) is 3.48. The molecular formula is C29H34N4O7. The van der Waals surface area contributed by atoms with Crippen LogP contribution in [0.2, 0.25) is 0 Å². The van der Waals surface area contributed by atoms with E-state index in [1.54, 1.807) is 34.1 Å². The highest BCUT2D eigenvalue weighted by Gasteiger charge is 2.37. The number of rotatable bonds is 10. The van der Waals surface area contributed by atoms with Crippen molar-refractivity contribution in [2.45, 2.75) is 45.2 Å². The minimum Gasteiger partial charge on any atom is -0.496 e. The van der Waals surface area contributed by atoms with Gasteiger partial charge >= 0.3 is 5.97 Å². The molecule has 1 aliphatic heterocycles. The Kier molecular flexibility index (Phi) is 9.03. The minimum atomic E-state index is -1.09. The van der Waals surface area contributed by atoms with Gasteiger partial charge in [-0.3, -0.25) is 19.2 Å². The number of benzene rings is 1. The molecule has 212 valence electrons. The molecule has 0 bridgehead atoms. The number of methoxy groups -OCH3 is 1. The van der Waals surface area contributed by atoms with Gasteiger partial charge in [0, 0.05) is 37.5 Å². The smallest absolute Gasteiger partial charge is 0.303 e. The third-order valence-electron chi connectivity index (χ3n) is 6.91. The zero-order valence-electron chi connectivity index (χ0n) is 22.8. The van der Waals surface area contributed by atoms with Gasteiger partial charge in [0.15, 0.2) is 5.76 Å². The van der Waals surface area contributed by atoms with E-state index in [9.17, 15) is 24.3 Å². The maximum absolute atomic E-state index is 13.7. The number of aromatic nitrogens is 1. The Labute approximate surface area is 232 Å². The molecule has 1 aromatic carbocycles. The first-order valence-corrected chi connectivity index (χ1v) is 13.3. The number of para-hydroxylation sites is 1. The van der Waals surface area contributed by atoms with Crippen molar-refractivity contribution in [2.75, 3.05) is 26.7 Å². The summed E-state index contributed by atoms with van der Waals surface area (Å²) >= 11 is 0. The molecule has 2 aromatic heterocycles.